The molecule has 134 valence electrons. The molecule has 2 aromatic carbocycles. The summed E-state index contributed by atoms with van der Waals surface area (Å²) in [4.78, 5) is 16.1. The van der Waals surface area contributed by atoms with Gasteiger partial charge in [0.1, 0.15) is 23.8 Å². The maximum Gasteiger partial charge on any atom is 0.260 e. The number of hydrogen-bond acceptors (Lipinski definition) is 5. The molecule has 0 bridgehead atoms. The molecule has 2 N–H and O–H groups in total. The number of pyridine rings is 1. The van der Waals surface area contributed by atoms with Crippen LogP contribution in [0.15, 0.2) is 58.7 Å². The molecule has 0 amide bonds. The second-order valence-corrected chi connectivity index (χ2v) is 7.14. The van der Waals surface area contributed by atoms with Crippen LogP contribution in [0.25, 0.3) is 32.5 Å². The zero-order valence-electron chi connectivity index (χ0n) is 14.2. The van der Waals surface area contributed by atoms with Crippen molar-refractivity contribution >= 4 is 21.6 Å². The maximum atomic E-state index is 12.5. The fraction of sp³-hybridized carbons (Fsp3) is 0.0952. The lowest BCUT2D eigenvalue weighted by molar-refractivity contribution is 0.171. The molecule has 1 aliphatic heterocycles. The van der Waals surface area contributed by atoms with E-state index in [0.717, 1.165) is 11.1 Å². The number of rotatable bonds is 2. The average molecular weight is 377 g/mol. The topological polar surface area (TPSA) is 71.6 Å². The predicted molar refractivity (Wildman–Crippen MR) is 106 cm³/mol. The van der Waals surface area contributed by atoms with E-state index in [1.165, 1.54) is 11.3 Å². The van der Waals surface area contributed by atoms with Crippen molar-refractivity contribution in [3.05, 3.63) is 64.3 Å². The van der Waals surface area contributed by atoms with E-state index in [1.54, 1.807) is 0 Å². The molecule has 0 saturated carbocycles. The van der Waals surface area contributed by atoms with Gasteiger partial charge >= 0.3 is 0 Å². The fourth-order valence-electron chi connectivity index (χ4n) is 3.38. The summed E-state index contributed by atoms with van der Waals surface area (Å²) in [5.41, 5.74) is 2.39. The Kier molecular flexibility index (Phi) is 3.65. The van der Waals surface area contributed by atoms with Crippen LogP contribution in [0.4, 0.5) is 0 Å². The van der Waals surface area contributed by atoms with Crippen LogP contribution < -0.4 is 15.0 Å². The molecule has 3 heterocycles. The lowest BCUT2D eigenvalue weighted by atomic mass is 10.0. The summed E-state index contributed by atoms with van der Waals surface area (Å²) in [6.45, 7) is 1.05. The number of fused-ring (bicyclic) bond motifs is 2. The van der Waals surface area contributed by atoms with Crippen LogP contribution in [0.2, 0.25) is 0 Å². The van der Waals surface area contributed by atoms with Gasteiger partial charge < -0.3 is 19.6 Å². The molecule has 5 nitrogen and oxygen atoms in total. The molecule has 27 heavy (non-hydrogen) atoms. The number of benzene rings is 2. The van der Waals surface area contributed by atoms with E-state index in [-0.39, 0.29) is 16.9 Å². The third-order valence-corrected chi connectivity index (χ3v) is 5.53. The van der Waals surface area contributed by atoms with Crippen molar-refractivity contribution in [2.75, 3.05) is 13.2 Å². The highest BCUT2D eigenvalue weighted by atomic mass is 32.1. The van der Waals surface area contributed by atoms with Crippen molar-refractivity contribution in [3.63, 3.8) is 0 Å². The minimum absolute atomic E-state index is 0.00825. The smallest absolute Gasteiger partial charge is 0.260 e. The molecule has 0 radical (unpaired) electrons. The number of thiophene rings is 1. The summed E-state index contributed by atoms with van der Waals surface area (Å²) in [6, 6.07) is 14.9. The quantitative estimate of drug-likeness (QED) is 0.543. The van der Waals surface area contributed by atoms with Gasteiger partial charge in [-0.05, 0) is 23.3 Å². The number of nitrogens with one attached hydrogen (secondary N) is 1. The van der Waals surface area contributed by atoms with Crippen molar-refractivity contribution < 1.29 is 14.6 Å². The van der Waals surface area contributed by atoms with E-state index in [4.69, 9.17) is 9.47 Å². The molecular weight excluding hydrogens is 362 g/mol. The maximum absolute atomic E-state index is 12.5. The number of aromatic amines is 1. The molecule has 0 atom stereocenters. The van der Waals surface area contributed by atoms with E-state index in [9.17, 15) is 9.90 Å². The van der Waals surface area contributed by atoms with Crippen LogP contribution in [0, 0.1) is 0 Å². The highest BCUT2D eigenvalue weighted by Crippen LogP contribution is 2.43. The standard InChI is InChI=1S/C21H15NO4S/c23-19-17(12-4-2-1-3-5-12)20(24)22-21-18(19)14(11-27-21)13-6-7-15-16(10-13)26-9-8-25-15/h1-7,10-11H,8-9H2,(H2,22,23,24). The van der Waals surface area contributed by atoms with Gasteiger partial charge in [-0.3, -0.25) is 4.79 Å². The van der Waals surface area contributed by atoms with Gasteiger partial charge in [-0.25, -0.2) is 0 Å². The summed E-state index contributed by atoms with van der Waals surface area (Å²) in [5, 5.41) is 13.5. The van der Waals surface area contributed by atoms with Crippen LogP contribution in [0.5, 0.6) is 17.2 Å². The first kappa shape index (κ1) is 16.0. The lowest BCUT2D eigenvalue weighted by Gasteiger charge is -2.18. The molecule has 0 aliphatic carbocycles. The van der Waals surface area contributed by atoms with E-state index < -0.39 is 0 Å². The van der Waals surface area contributed by atoms with Crippen LogP contribution in [0.3, 0.4) is 0 Å². The van der Waals surface area contributed by atoms with Gasteiger partial charge in [0, 0.05) is 10.9 Å². The van der Waals surface area contributed by atoms with Crippen LogP contribution in [-0.4, -0.2) is 23.3 Å². The van der Waals surface area contributed by atoms with E-state index >= 15 is 0 Å². The highest BCUT2D eigenvalue weighted by molar-refractivity contribution is 7.17. The zero-order chi connectivity index (χ0) is 18.4. The Morgan fingerprint density at radius 1 is 0.963 bits per heavy atom. The molecule has 0 spiro atoms. The van der Waals surface area contributed by atoms with Gasteiger partial charge in [0.2, 0.25) is 0 Å². The number of ether oxygens (including phenoxy) is 2. The van der Waals surface area contributed by atoms with Gasteiger partial charge in [-0.2, -0.15) is 0 Å². The summed E-state index contributed by atoms with van der Waals surface area (Å²) in [7, 11) is 0. The minimum Gasteiger partial charge on any atom is -0.506 e. The molecule has 0 fully saturated rings. The van der Waals surface area contributed by atoms with Crippen LogP contribution >= 0.6 is 11.3 Å². The molecule has 6 heteroatoms. The first-order valence-corrected chi connectivity index (χ1v) is 9.42. The van der Waals surface area contributed by atoms with Gasteiger partial charge in [0.05, 0.1) is 10.9 Å². The van der Waals surface area contributed by atoms with Crippen molar-refractivity contribution in [3.8, 4) is 39.5 Å². The van der Waals surface area contributed by atoms with Gasteiger partial charge in [-0.1, -0.05) is 36.4 Å². The lowest BCUT2D eigenvalue weighted by Crippen LogP contribution is -2.15. The number of aromatic nitrogens is 1. The fourth-order valence-corrected chi connectivity index (χ4v) is 4.34. The van der Waals surface area contributed by atoms with Gasteiger partial charge in [-0.15, -0.1) is 11.3 Å². The van der Waals surface area contributed by atoms with Gasteiger partial charge in [0.15, 0.2) is 11.5 Å². The Balaban J connectivity index is 1.74. The molecule has 0 unspecified atom stereocenters. The molecule has 5 rings (SSSR count). The van der Waals surface area contributed by atoms with E-state index in [1.807, 2.05) is 53.9 Å². The monoisotopic (exact) mass is 377 g/mol. The molecule has 0 saturated heterocycles. The summed E-state index contributed by atoms with van der Waals surface area (Å²) < 4.78 is 11.3. The Bertz CT molecular complexity index is 1210. The largest absolute Gasteiger partial charge is 0.506 e. The molecule has 1 aliphatic rings. The third-order valence-electron chi connectivity index (χ3n) is 4.63. The van der Waals surface area contributed by atoms with E-state index in [0.29, 0.717) is 40.5 Å². The number of hydrogen-bond donors (Lipinski definition) is 2. The number of H-pyrrole nitrogens is 1. The first-order valence-electron chi connectivity index (χ1n) is 8.54. The third kappa shape index (κ3) is 2.57. The average Bonchev–Trinajstić information content (AvgIpc) is 3.12. The van der Waals surface area contributed by atoms with Crippen molar-refractivity contribution in [2.45, 2.75) is 0 Å². The van der Waals surface area contributed by atoms with Crippen molar-refractivity contribution in [1.29, 1.82) is 0 Å². The van der Waals surface area contributed by atoms with Crippen LogP contribution in [0.1, 0.15) is 0 Å². The summed E-state index contributed by atoms with van der Waals surface area (Å²) in [5.74, 6) is 1.39. The Hall–Kier alpha value is -3.25. The second kappa shape index (κ2) is 6.17. The number of aromatic hydroxyl groups is 1. The summed E-state index contributed by atoms with van der Waals surface area (Å²) >= 11 is 1.39. The van der Waals surface area contributed by atoms with E-state index in [2.05, 4.69) is 4.98 Å². The van der Waals surface area contributed by atoms with Crippen molar-refractivity contribution in [2.24, 2.45) is 0 Å². The van der Waals surface area contributed by atoms with Crippen molar-refractivity contribution in [1.82, 2.24) is 4.98 Å². The van der Waals surface area contributed by atoms with Gasteiger partial charge in [0.25, 0.3) is 5.56 Å². The highest BCUT2D eigenvalue weighted by Gasteiger charge is 2.20. The zero-order valence-corrected chi connectivity index (χ0v) is 15.0. The van der Waals surface area contributed by atoms with Crippen LogP contribution in [-0.2, 0) is 0 Å². The second-order valence-electron chi connectivity index (χ2n) is 6.26. The normalized spacial score (nSPS) is 13.0. The Morgan fingerprint density at radius 2 is 1.74 bits per heavy atom. The molecule has 4 aromatic rings. The Labute approximate surface area is 158 Å². The predicted octanol–water partition coefficient (Wildman–Crippen LogP) is 4.40. The molecule has 2 aromatic heterocycles. The molecular formula is C21H15NO4S. The summed E-state index contributed by atoms with van der Waals surface area (Å²) in [6.07, 6.45) is 0. The Morgan fingerprint density at radius 3 is 2.56 bits per heavy atom. The SMILES string of the molecule is O=c1[nH]c2scc(-c3ccc4c(c3)OCCO4)c2c(O)c1-c1ccccc1. The first-order chi connectivity index (χ1) is 13.2. The minimum atomic E-state index is -0.304.